The van der Waals surface area contributed by atoms with Gasteiger partial charge in [0.05, 0.1) is 22.2 Å². The van der Waals surface area contributed by atoms with Crippen molar-refractivity contribution in [3.8, 4) is 0 Å². The van der Waals surface area contributed by atoms with Crippen molar-refractivity contribution < 1.29 is 14.3 Å². The lowest BCUT2D eigenvalue weighted by Gasteiger charge is -2.23. The number of hydrogen-bond donors (Lipinski definition) is 0. The number of esters is 1. The maximum atomic E-state index is 12.4. The van der Waals surface area contributed by atoms with Crippen molar-refractivity contribution in [2.75, 3.05) is 13.7 Å². The summed E-state index contributed by atoms with van der Waals surface area (Å²) in [5.41, 5.74) is 0.937. The first-order valence-electron chi connectivity index (χ1n) is 8.49. The van der Waals surface area contributed by atoms with Crippen LogP contribution >= 0.6 is 11.3 Å². The van der Waals surface area contributed by atoms with Crippen LogP contribution in [0.5, 0.6) is 0 Å². The van der Waals surface area contributed by atoms with Crippen molar-refractivity contribution in [2.45, 2.75) is 32.2 Å². The second-order valence-electron chi connectivity index (χ2n) is 6.29. The fraction of sp³-hybridized carbons (Fsp3) is 0.421. The molecule has 1 aromatic carbocycles. The van der Waals surface area contributed by atoms with Crippen LogP contribution in [0.1, 0.15) is 37.2 Å². The molecule has 0 saturated carbocycles. The Bertz CT molecular complexity index is 766. The van der Waals surface area contributed by atoms with Crippen LogP contribution in [0, 0.1) is 5.92 Å². The van der Waals surface area contributed by atoms with E-state index in [0.29, 0.717) is 6.42 Å². The predicted molar refractivity (Wildman–Crippen MR) is 98.2 cm³/mol. The Morgan fingerprint density at radius 1 is 1.36 bits per heavy atom. The van der Waals surface area contributed by atoms with E-state index in [-0.39, 0.29) is 30.4 Å². The molecule has 5 nitrogen and oxygen atoms in total. The van der Waals surface area contributed by atoms with Crippen LogP contribution in [-0.2, 0) is 14.3 Å². The van der Waals surface area contributed by atoms with Gasteiger partial charge in [0.25, 0.3) is 5.91 Å². The van der Waals surface area contributed by atoms with Crippen molar-refractivity contribution >= 4 is 33.4 Å². The minimum atomic E-state index is -0.279. The number of aromatic nitrogens is 1. The molecule has 0 fully saturated rings. The van der Waals surface area contributed by atoms with Gasteiger partial charge in [0.2, 0.25) is 0 Å². The normalized spacial score (nSPS) is 18.1. The number of rotatable bonds is 5. The summed E-state index contributed by atoms with van der Waals surface area (Å²) >= 11 is 1.58. The monoisotopic (exact) mass is 358 g/mol. The topological polar surface area (TPSA) is 59.5 Å². The SMILES string of the molecule is C[C@@H](c1nc2ccccc2s1)N(C)C(=O)COC(=O)[C@@H]1CC=CCC1. The maximum absolute atomic E-state index is 12.4. The molecule has 0 aliphatic heterocycles. The van der Waals surface area contributed by atoms with Gasteiger partial charge in [-0.05, 0) is 38.3 Å². The summed E-state index contributed by atoms with van der Waals surface area (Å²) in [4.78, 5) is 30.6. The van der Waals surface area contributed by atoms with E-state index in [4.69, 9.17) is 4.74 Å². The van der Waals surface area contributed by atoms with Crippen molar-refractivity contribution in [1.82, 2.24) is 9.88 Å². The number of thiazole rings is 1. The van der Waals surface area contributed by atoms with E-state index in [9.17, 15) is 9.59 Å². The number of ether oxygens (including phenoxy) is 1. The van der Waals surface area contributed by atoms with E-state index in [1.54, 1.807) is 23.3 Å². The highest BCUT2D eigenvalue weighted by molar-refractivity contribution is 7.18. The van der Waals surface area contributed by atoms with Crippen molar-refractivity contribution in [3.05, 3.63) is 41.4 Å². The maximum Gasteiger partial charge on any atom is 0.309 e. The van der Waals surface area contributed by atoms with Crippen LogP contribution in [-0.4, -0.2) is 35.4 Å². The van der Waals surface area contributed by atoms with E-state index in [1.165, 1.54) is 0 Å². The number of nitrogens with zero attached hydrogens (tertiary/aromatic N) is 2. The second-order valence-corrected chi connectivity index (χ2v) is 7.35. The van der Waals surface area contributed by atoms with Gasteiger partial charge in [0.15, 0.2) is 6.61 Å². The van der Waals surface area contributed by atoms with Gasteiger partial charge < -0.3 is 9.64 Å². The molecule has 0 saturated heterocycles. The Balaban J connectivity index is 1.57. The first-order valence-corrected chi connectivity index (χ1v) is 9.30. The third kappa shape index (κ3) is 4.07. The van der Waals surface area contributed by atoms with Crippen LogP contribution in [0.15, 0.2) is 36.4 Å². The molecule has 25 heavy (non-hydrogen) atoms. The molecular formula is C19H22N2O3S. The number of para-hydroxylation sites is 1. The zero-order valence-corrected chi connectivity index (χ0v) is 15.3. The Labute approximate surface area is 151 Å². The van der Waals surface area contributed by atoms with E-state index < -0.39 is 0 Å². The van der Waals surface area contributed by atoms with E-state index in [2.05, 4.69) is 11.1 Å². The summed E-state index contributed by atoms with van der Waals surface area (Å²) in [6.45, 7) is 1.72. The van der Waals surface area contributed by atoms with Gasteiger partial charge in [0, 0.05) is 7.05 Å². The van der Waals surface area contributed by atoms with Gasteiger partial charge in [-0.25, -0.2) is 4.98 Å². The Morgan fingerprint density at radius 2 is 2.16 bits per heavy atom. The molecule has 3 rings (SSSR count). The van der Waals surface area contributed by atoms with Gasteiger partial charge >= 0.3 is 5.97 Å². The highest BCUT2D eigenvalue weighted by Crippen LogP contribution is 2.28. The van der Waals surface area contributed by atoms with Gasteiger partial charge in [-0.3, -0.25) is 9.59 Å². The molecule has 2 atom stereocenters. The van der Waals surface area contributed by atoms with E-state index in [1.807, 2.05) is 37.3 Å². The number of allylic oxidation sites excluding steroid dienone is 2. The van der Waals surface area contributed by atoms with Crippen LogP contribution in [0.25, 0.3) is 10.2 Å². The Hall–Kier alpha value is -2.21. The largest absolute Gasteiger partial charge is 0.455 e. The zero-order valence-electron chi connectivity index (χ0n) is 14.5. The lowest BCUT2D eigenvalue weighted by atomic mass is 9.95. The van der Waals surface area contributed by atoms with Gasteiger partial charge in [-0.15, -0.1) is 11.3 Å². The number of fused-ring (bicyclic) bond motifs is 1. The molecule has 1 amide bonds. The smallest absolute Gasteiger partial charge is 0.309 e. The first kappa shape index (κ1) is 17.6. The zero-order chi connectivity index (χ0) is 17.8. The molecule has 2 aromatic rings. The fourth-order valence-electron chi connectivity index (χ4n) is 2.81. The molecule has 0 spiro atoms. The van der Waals surface area contributed by atoms with Gasteiger partial charge in [-0.1, -0.05) is 24.3 Å². The highest BCUT2D eigenvalue weighted by Gasteiger charge is 2.24. The lowest BCUT2D eigenvalue weighted by Crippen LogP contribution is -2.34. The minimum absolute atomic E-state index is 0.121. The lowest BCUT2D eigenvalue weighted by molar-refractivity contribution is -0.156. The molecule has 0 bridgehead atoms. The van der Waals surface area contributed by atoms with Crippen LogP contribution in [0.3, 0.4) is 0 Å². The molecule has 1 aliphatic rings. The van der Waals surface area contributed by atoms with Crippen molar-refractivity contribution in [2.24, 2.45) is 5.92 Å². The third-order valence-corrected chi connectivity index (χ3v) is 5.79. The molecule has 0 radical (unpaired) electrons. The summed E-state index contributed by atoms with van der Waals surface area (Å²) in [5.74, 6) is -0.616. The van der Waals surface area contributed by atoms with Crippen LogP contribution in [0.2, 0.25) is 0 Å². The van der Waals surface area contributed by atoms with E-state index in [0.717, 1.165) is 28.1 Å². The first-order chi connectivity index (χ1) is 12.1. The summed E-state index contributed by atoms with van der Waals surface area (Å²) in [6, 6.07) is 7.74. The molecule has 132 valence electrons. The molecule has 1 aliphatic carbocycles. The minimum Gasteiger partial charge on any atom is -0.455 e. The van der Waals surface area contributed by atoms with Gasteiger partial charge in [-0.2, -0.15) is 0 Å². The summed E-state index contributed by atoms with van der Waals surface area (Å²) in [7, 11) is 1.72. The quantitative estimate of drug-likeness (QED) is 0.604. The predicted octanol–water partition coefficient (Wildman–Crippen LogP) is 3.72. The number of carbonyl (C=O) groups excluding carboxylic acids is 2. The molecule has 0 N–H and O–H groups in total. The number of amides is 1. The third-order valence-electron chi connectivity index (χ3n) is 4.58. The number of likely N-dealkylation sites (N-methyl/N-ethyl adjacent to an activating group) is 1. The molecule has 6 heteroatoms. The Kier molecular flexibility index (Phi) is 5.48. The highest BCUT2D eigenvalue weighted by atomic mass is 32.1. The summed E-state index contributed by atoms with van der Waals surface area (Å²) < 4.78 is 6.33. The number of benzene rings is 1. The summed E-state index contributed by atoms with van der Waals surface area (Å²) in [5, 5.41) is 0.876. The van der Waals surface area contributed by atoms with Crippen LogP contribution in [0.4, 0.5) is 0 Å². The molecular weight excluding hydrogens is 336 g/mol. The molecule has 1 heterocycles. The van der Waals surface area contributed by atoms with Gasteiger partial charge in [0.1, 0.15) is 5.01 Å². The molecule has 0 unspecified atom stereocenters. The number of carbonyl (C=O) groups is 2. The fourth-order valence-corrected chi connectivity index (χ4v) is 3.87. The number of hydrogen-bond acceptors (Lipinski definition) is 5. The van der Waals surface area contributed by atoms with Crippen LogP contribution < -0.4 is 0 Å². The van der Waals surface area contributed by atoms with Crippen molar-refractivity contribution in [1.29, 1.82) is 0 Å². The molecule has 1 aromatic heterocycles. The second kappa shape index (κ2) is 7.78. The average Bonchev–Trinajstić information content (AvgIpc) is 3.09. The standard InChI is InChI=1S/C19H22N2O3S/c1-13(18-20-15-10-6-7-11-16(15)25-18)21(2)17(22)12-24-19(23)14-8-4-3-5-9-14/h3-4,6-7,10-11,13-14H,5,8-9,12H2,1-2H3/t13-,14+/m0/s1. The Morgan fingerprint density at radius 3 is 2.88 bits per heavy atom. The average molecular weight is 358 g/mol. The summed E-state index contributed by atoms with van der Waals surface area (Å²) in [6.07, 6.45) is 6.45. The van der Waals surface area contributed by atoms with Crippen molar-refractivity contribution in [3.63, 3.8) is 0 Å². The van der Waals surface area contributed by atoms with E-state index >= 15 is 0 Å².